The minimum atomic E-state index is -0.780. The van der Waals surface area contributed by atoms with Crippen molar-refractivity contribution < 1.29 is 18.3 Å². The molecule has 3 heterocycles. The zero-order chi connectivity index (χ0) is 24.1. The predicted molar refractivity (Wildman–Crippen MR) is 124 cm³/mol. The molecular weight excluding hydrogens is 442 g/mol. The van der Waals surface area contributed by atoms with E-state index in [1.54, 1.807) is 13.1 Å². The number of piperidine rings is 1. The second-order valence-electron chi connectivity index (χ2n) is 8.69. The van der Waals surface area contributed by atoms with Gasteiger partial charge in [0.2, 0.25) is 5.95 Å². The molecule has 4 rings (SSSR count). The molecule has 0 atom stereocenters. The summed E-state index contributed by atoms with van der Waals surface area (Å²) >= 11 is 0. The molecule has 0 unspecified atom stereocenters. The van der Waals surface area contributed by atoms with Gasteiger partial charge in [0, 0.05) is 12.7 Å². The Kier molecular flexibility index (Phi) is 7.56. The highest BCUT2D eigenvalue weighted by molar-refractivity contribution is 5.50. The largest absolute Gasteiger partial charge is 0.494 e. The summed E-state index contributed by atoms with van der Waals surface area (Å²) in [7, 11) is 3.50. The Hall–Kier alpha value is -3.27. The van der Waals surface area contributed by atoms with Crippen molar-refractivity contribution >= 4 is 11.6 Å². The van der Waals surface area contributed by atoms with Crippen molar-refractivity contribution in [1.82, 2.24) is 24.6 Å². The van der Waals surface area contributed by atoms with E-state index in [1.807, 2.05) is 10.9 Å². The van der Waals surface area contributed by atoms with Crippen molar-refractivity contribution in [2.45, 2.75) is 39.3 Å². The molecule has 1 fully saturated rings. The average Bonchev–Trinajstić information content (AvgIpc) is 3.29. The number of methoxy groups -OCH3 is 1. The monoisotopic (exact) mass is 472 g/mol. The zero-order valence-electron chi connectivity index (χ0n) is 19.7. The van der Waals surface area contributed by atoms with Gasteiger partial charge in [0.15, 0.2) is 17.3 Å². The van der Waals surface area contributed by atoms with Gasteiger partial charge >= 0.3 is 0 Å². The van der Waals surface area contributed by atoms with Crippen LogP contribution in [-0.4, -0.2) is 51.9 Å². The Bertz CT molecular complexity index is 1100. The molecule has 0 spiro atoms. The van der Waals surface area contributed by atoms with Gasteiger partial charge in [-0.1, -0.05) is 0 Å². The maximum absolute atomic E-state index is 14.4. The second kappa shape index (κ2) is 10.8. The molecule has 8 nitrogen and oxygen atoms in total. The number of ether oxygens (including phenoxy) is 2. The number of anilines is 2. The van der Waals surface area contributed by atoms with Gasteiger partial charge in [0.1, 0.15) is 12.4 Å². The maximum atomic E-state index is 14.4. The molecule has 1 aliphatic heterocycles. The SMILES string of the molecule is COc1cc(C)c(F)c(COc2cnc(Nc3cnn(CCC4CCN(C)CC4)c3)nc2)c1F. The number of rotatable bonds is 9. The van der Waals surface area contributed by atoms with Gasteiger partial charge in [0.25, 0.3) is 0 Å². The molecule has 1 N–H and O–H groups in total. The highest BCUT2D eigenvalue weighted by Crippen LogP contribution is 2.27. The number of aromatic nitrogens is 4. The Morgan fingerprint density at radius 2 is 1.85 bits per heavy atom. The first-order chi connectivity index (χ1) is 16.4. The van der Waals surface area contributed by atoms with Gasteiger partial charge in [-0.25, -0.2) is 18.7 Å². The van der Waals surface area contributed by atoms with E-state index < -0.39 is 11.6 Å². The summed E-state index contributed by atoms with van der Waals surface area (Å²) in [4.78, 5) is 10.8. The number of nitrogens with one attached hydrogen (secondary N) is 1. The van der Waals surface area contributed by atoms with Gasteiger partial charge in [-0.05, 0) is 63.9 Å². The molecule has 0 amide bonds. The second-order valence-corrected chi connectivity index (χ2v) is 8.69. The smallest absolute Gasteiger partial charge is 0.227 e. The molecule has 0 saturated carbocycles. The van der Waals surface area contributed by atoms with Crippen LogP contribution in [0.25, 0.3) is 0 Å². The molecule has 10 heteroatoms. The highest BCUT2D eigenvalue weighted by atomic mass is 19.1. The highest BCUT2D eigenvalue weighted by Gasteiger charge is 2.18. The van der Waals surface area contributed by atoms with Gasteiger partial charge in [0.05, 0.1) is 37.0 Å². The van der Waals surface area contributed by atoms with Crippen LogP contribution in [0, 0.1) is 24.5 Å². The zero-order valence-corrected chi connectivity index (χ0v) is 19.7. The summed E-state index contributed by atoms with van der Waals surface area (Å²) in [6.07, 6.45) is 10.2. The van der Waals surface area contributed by atoms with Crippen LogP contribution < -0.4 is 14.8 Å². The maximum Gasteiger partial charge on any atom is 0.227 e. The van der Waals surface area contributed by atoms with Crippen LogP contribution in [-0.2, 0) is 13.2 Å². The first-order valence-corrected chi connectivity index (χ1v) is 11.4. The summed E-state index contributed by atoms with van der Waals surface area (Å²) in [6.45, 7) is 4.44. The molecule has 1 aromatic carbocycles. The Morgan fingerprint density at radius 3 is 2.56 bits per heavy atom. The Labute approximate surface area is 197 Å². The fourth-order valence-corrected chi connectivity index (χ4v) is 4.04. The Morgan fingerprint density at radius 1 is 1.12 bits per heavy atom. The van der Waals surface area contributed by atoms with Crippen LogP contribution in [0.2, 0.25) is 0 Å². The van der Waals surface area contributed by atoms with Gasteiger partial charge < -0.3 is 19.7 Å². The van der Waals surface area contributed by atoms with Crippen molar-refractivity contribution in [2.24, 2.45) is 5.92 Å². The minimum Gasteiger partial charge on any atom is -0.494 e. The summed E-state index contributed by atoms with van der Waals surface area (Å²) in [5, 5.41) is 7.52. The first kappa shape index (κ1) is 23.9. The number of nitrogens with zero attached hydrogens (tertiary/aromatic N) is 5. The molecule has 0 radical (unpaired) electrons. The van der Waals surface area contributed by atoms with E-state index in [1.165, 1.54) is 38.4 Å². The number of halogens is 2. The van der Waals surface area contributed by atoms with Gasteiger partial charge in [-0.2, -0.15) is 5.10 Å². The molecule has 182 valence electrons. The molecule has 1 aliphatic rings. The lowest BCUT2D eigenvalue weighted by molar-refractivity contribution is 0.206. The summed E-state index contributed by atoms with van der Waals surface area (Å²) in [5.74, 6) is -0.0610. The van der Waals surface area contributed by atoms with Crippen LogP contribution in [0.3, 0.4) is 0 Å². The van der Waals surface area contributed by atoms with Crippen LogP contribution in [0.4, 0.5) is 20.4 Å². The van der Waals surface area contributed by atoms with Crippen molar-refractivity contribution in [3.63, 3.8) is 0 Å². The average molecular weight is 473 g/mol. The molecule has 34 heavy (non-hydrogen) atoms. The summed E-state index contributed by atoms with van der Waals surface area (Å²) in [5.41, 5.74) is 0.860. The molecular formula is C24H30F2N6O2. The van der Waals surface area contributed by atoms with Crippen LogP contribution >= 0.6 is 0 Å². The third kappa shape index (κ3) is 5.80. The number of benzene rings is 1. The van der Waals surface area contributed by atoms with Crippen LogP contribution in [0.1, 0.15) is 30.4 Å². The minimum absolute atomic E-state index is 0.0276. The Balaban J connectivity index is 1.30. The number of hydrogen-bond donors (Lipinski definition) is 1. The molecule has 2 aromatic heterocycles. The lowest BCUT2D eigenvalue weighted by Gasteiger charge is -2.28. The van der Waals surface area contributed by atoms with Crippen molar-refractivity contribution in [3.8, 4) is 11.5 Å². The fourth-order valence-electron chi connectivity index (χ4n) is 4.04. The summed E-state index contributed by atoms with van der Waals surface area (Å²) in [6, 6.07) is 1.31. The first-order valence-electron chi connectivity index (χ1n) is 11.4. The van der Waals surface area contributed by atoms with E-state index in [4.69, 9.17) is 9.47 Å². The van der Waals surface area contributed by atoms with E-state index in [0.29, 0.717) is 11.7 Å². The van der Waals surface area contributed by atoms with Crippen LogP contribution in [0.5, 0.6) is 11.5 Å². The molecule has 0 bridgehead atoms. The molecule has 1 saturated heterocycles. The third-order valence-corrected chi connectivity index (χ3v) is 6.17. The predicted octanol–water partition coefficient (Wildman–Crippen LogP) is 4.32. The number of aryl methyl sites for hydroxylation is 2. The van der Waals surface area contributed by atoms with Crippen LogP contribution in [0.15, 0.2) is 30.9 Å². The van der Waals surface area contributed by atoms with E-state index in [9.17, 15) is 8.78 Å². The fraction of sp³-hybridized carbons (Fsp3) is 0.458. The van der Waals surface area contributed by atoms with Gasteiger partial charge in [-0.15, -0.1) is 0 Å². The lowest BCUT2D eigenvalue weighted by Crippen LogP contribution is -2.30. The number of likely N-dealkylation sites (tertiary alicyclic amines) is 1. The third-order valence-electron chi connectivity index (χ3n) is 6.17. The normalized spacial score (nSPS) is 14.9. The van der Waals surface area contributed by atoms with Gasteiger partial charge in [-0.3, -0.25) is 4.68 Å². The molecule has 3 aromatic rings. The van der Waals surface area contributed by atoms with E-state index in [2.05, 4.69) is 32.3 Å². The van der Waals surface area contributed by atoms with Crippen molar-refractivity contribution in [3.05, 3.63) is 53.6 Å². The van der Waals surface area contributed by atoms with Crippen molar-refractivity contribution in [1.29, 1.82) is 0 Å². The van der Waals surface area contributed by atoms with E-state index in [0.717, 1.165) is 37.7 Å². The number of hydrogen-bond acceptors (Lipinski definition) is 7. The van der Waals surface area contributed by atoms with Crippen molar-refractivity contribution in [2.75, 3.05) is 32.6 Å². The van der Waals surface area contributed by atoms with E-state index >= 15 is 0 Å². The summed E-state index contributed by atoms with van der Waals surface area (Å²) < 4.78 is 41.1. The molecule has 0 aliphatic carbocycles. The lowest BCUT2D eigenvalue weighted by atomic mass is 9.94. The quantitative estimate of drug-likeness (QED) is 0.497. The topological polar surface area (TPSA) is 77.3 Å². The van der Waals surface area contributed by atoms with E-state index in [-0.39, 0.29) is 23.5 Å². The standard InChI is InChI=1S/C24H30F2N6O2/c1-16-10-21(33-3)23(26)20(22(16)25)15-34-19-12-27-24(28-13-19)30-18-11-29-32(14-18)9-6-17-4-7-31(2)8-5-17/h10-14,17H,4-9,15H2,1-3H3,(H,27,28,30).